The van der Waals surface area contributed by atoms with E-state index >= 15 is 0 Å². The van der Waals surface area contributed by atoms with Gasteiger partial charge in [-0.05, 0) is 155 Å². The van der Waals surface area contributed by atoms with Gasteiger partial charge < -0.3 is 14.7 Å². The van der Waals surface area contributed by atoms with Crippen LogP contribution in [-0.2, 0) is 0 Å². The summed E-state index contributed by atoms with van der Waals surface area (Å²) in [6, 6.07) is 82.3. The number of thiophene rings is 2. The maximum atomic E-state index is 6.60. The van der Waals surface area contributed by atoms with E-state index < -0.39 is 0 Å². The molecule has 11 aromatic carbocycles. The predicted molar refractivity (Wildman–Crippen MR) is 326 cm³/mol. The van der Waals surface area contributed by atoms with Crippen molar-refractivity contribution in [3.05, 3.63) is 231 Å². The molecule has 0 aliphatic rings. The molecule has 13 aromatic rings. The number of nitrogens with zero attached hydrogens (tertiary/aromatic N) is 3. The van der Waals surface area contributed by atoms with Gasteiger partial charge in [0.15, 0.2) is 0 Å². The zero-order chi connectivity index (χ0) is 50.0. The third kappa shape index (κ3) is 7.97. The summed E-state index contributed by atoms with van der Waals surface area (Å²) in [6.07, 6.45) is 0. The van der Waals surface area contributed by atoms with Crippen LogP contribution in [0.15, 0.2) is 231 Å². The van der Waals surface area contributed by atoms with Crippen LogP contribution in [-0.4, -0.2) is 39.2 Å². The van der Waals surface area contributed by atoms with E-state index in [1.54, 1.807) is 22.7 Å². The lowest BCUT2D eigenvalue weighted by Gasteiger charge is -2.27. The molecule has 2 heterocycles. The summed E-state index contributed by atoms with van der Waals surface area (Å²) >= 11 is 3.61. The molecule has 0 spiro atoms. The van der Waals surface area contributed by atoms with Gasteiger partial charge in [-0.2, -0.15) is 0 Å². The van der Waals surface area contributed by atoms with Crippen molar-refractivity contribution in [2.75, 3.05) is 14.7 Å². The molecule has 0 N–H and O–H groups in total. The van der Waals surface area contributed by atoms with E-state index in [-0.39, 0.29) is 16.4 Å². The molecule has 0 saturated heterocycles. The second-order valence-electron chi connectivity index (χ2n) is 18.5. The Labute approximate surface area is 445 Å². The molecule has 10 heteroatoms. The van der Waals surface area contributed by atoms with E-state index in [0.717, 1.165) is 56.7 Å². The molecule has 0 amide bonds. The van der Waals surface area contributed by atoms with Gasteiger partial charge in [-0.25, -0.2) is 0 Å². The normalized spacial score (nSPS) is 11.5. The highest BCUT2D eigenvalue weighted by atomic mass is 32.1. The molecule has 13 rings (SSSR count). The zero-order valence-corrected chi connectivity index (χ0v) is 41.6. The van der Waals surface area contributed by atoms with Crippen LogP contribution in [0.5, 0.6) is 0 Å². The summed E-state index contributed by atoms with van der Waals surface area (Å²) in [7, 11) is 32.1. The Morgan fingerprint density at radius 3 is 0.946 bits per heavy atom. The molecular weight excluding hydrogens is 929 g/mol. The van der Waals surface area contributed by atoms with Crippen LogP contribution in [0.4, 0.5) is 51.2 Å². The van der Waals surface area contributed by atoms with Gasteiger partial charge >= 0.3 is 0 Å². The van der Waals surface area contributed by atoms with Gasteiger partial charge in [0, 0.05) is 91.5 Å². The topological polar surface area (TPSA) is 9.72 Å². The summed E-state index contributed by atoms with van der Waals surface area (Å²) < 4.78 is 4.83. The van der Waals surface area contributed by atoms with Crippen molar-refractivity contribution in [1.29, 1.82) is 0 Å². The quantitative estimate of drug-likeness (QED) is 0.126. The molecular formula is C64H38B5N3S2. The van der Waals surface area contributed by atoms with E-state index in [1.165, 1.54) is 51.1 Å². The van der Waals surface area contributed by atoms with Gasteiger partial charge in [0.05, 0.1) is 0 Å². The number of hydrogen-bond acceptors (Lipinski definition) is 5. The number of para-hydroxylation sites is 3. The van der Waals surface area contributed by atoms with Crippen LogP contribution in [0, 0.1) is 0 Å². The summed E-state index contributed by atoms with van der Waals surface area (Å²) in [4.78, 5) is 6.99. The van der Waals surface area contributed by atoms with Crippen LogP contribution in [0.1, 0.15) is 0 Å². The maximum Gasteiger partial charge on any atom is 0.113 e. The van der Waals surface area contributed by atoms with Crippen LogP contribution < -0.4 is 42.0 Å². The molecule has 0 saturated carbocycles. The minimum Gasteiger partial charge on any atom is -0.310 e. The largest absolute Gasteiger partial charge is 0.310 e. The lowest BCUT2D eigenvalue weighted by atomic mass is 9.60. The Bertz CT molecular complexity index is 4210. The summed E-state index contributed by atoms with van der Waals surface area (Å²) in [5.74, 6) is 0. The molecule has 0 aliphatic heterocycles. The highest BCUT2D eigenvalue weighted by Crippen LogP contribution is 2.47. The Kier molecular flexibility index (Phi) is 11.6. The van der Waals surface area contributed by atoms with Crippen LogP contribution in [0.25, 0.3) is 62.2 Å². The Morgan fingerprint density at radius 1 is 0.243 bits per heavy atom. The second kappa shape index (κ2) is 18.7. The minimum atomic E-state index is 0.188. The Hall–Kier alpha value is -8.16. The summed E-state index contributed by atoms with van der Waals surface area (Å²) in [5.41, 5.74) is 12.0. The first-order valence-corrected chi connectivity index (χ1v) is 26.0. The van der Waals surface area contributed by atoms with Gasteiger partial charge in [0.25, 0.3) is 0 Å². The van der Waals surface area contributed by atoms with Crippen molar-refractivity contribution in [2.45, 2.75) is 0 Å². The minimum absolute atomic E-state index is 0.188. The highest BCUT2D eigenvalue weighted by molar-refractivity contribution is 7.26. The van der Waals surface area contributed by atoms with E-state index in [0.29, 0.717) is 16.5 Å². The third-order valence-corrected chi connectivity index (χ3v) is 16.4. The molecule has 0 aliphatic carbocycles. The van der Waals surface area contributed by atoms with Crippen molar-refractivity contribution in [3.63, 3.8) is 0 Å². The van der Waals surface area contributed by atoms with E-state index in [4.69, 9.17) is 39.2 Å². The van der Waals surface area contributed by atoms with Crippen LogP contribution >= 0.6 is 22.7 Å². The van der Waals surface area contributed by atoms with Crippen molar-refractivity contribution < 1.29 is 0 Å². The molecule has 0 bridgehead atoms. The van der Waals surface area contributed by atoms with Crippen LogP contribution in [0.3, 0.4) is 0 Å². The SMILES string of the molecule is [B]c1c([B])c([B])c(-c2ccc(N(c3ccc4sc5ccc(N(c6ccccc6)c6ccccc6)cc5c4c3)c3ccc4sc5ccc(N(c6ccccc6)c6ccc7ccccc7c6)cc5c4c3)cc2)c([B])c1[B]. The Balaban J connectivity index is 0.977. The molecule has 10 radical (unpaired) electrons. The average molecular weight is 967 g/mol. The van der Waals surface area contributed by atoms with Crippen molar-refractivity contribution >= 4 is 192 Å². The first-order chi connectivity index (χ1) is 36.3. The van der Waals surface area contributed by atoms with Crippen molar-refractivity contribution in [1.82, 2.24) is 0 Å². The molecule has 336 valence electrons. The number of rotatable bonds is 10. The fourth-order valence-corrected chi connectivity index (χ4v) is 12.5. The van der Waals surface area contributed by atoms with Gasteiger partial charge in [-0.1, -0.05) is 108 Å². The van der Waals surface area contributed by atoms with Gasteiger partial charge in [-0.3, -0.25) is 0 Å². The summed E-state index contributed by atoms with van der Waals surface area (Å²) in [6.45, 7) is 0. The zero-order valence-electron chi connectivity index (χ0n) is 40.0. The molecule has 0 unspecified atom stereocenters. The van der Waals surface area contributed by atoms with E-state index in [1.807, 2.05) is 12.1 Å². The molecule has 2 aromatic heterocycles. The second-order valence-corrected chi connectivity index (χ2v) is 20.6. The lowest BCUT2D eigenvalue weighted by molar-refractivity contribution is 1.29. The van der Waals surface area contributed by atoms with Crippen molar-refractivity contribution in [3.8, 4) is 11.1 Å². The monoisotopic (exact) mass is 967 g/mol. The first-order valence-electron chi connectivity index (χ1n) is 24.3. The molecule has 0 fully saturated rings. The summed E-state index contributed by atoms with van der Waals surface area (Å²) in [5, 5.41) is 7.09. The molecule has 74 heavy (non-hydrogen) atoms. The fraction of sp³-hybridized carbons (Fsp3) is 0. The van der Waals surface area contributed by atoms with Crippen molar-refractivity contribution in [2.24, 2.45) is 0 Å². The lowest BCUT2D eigenvalue weighted by Crippen LogP contribution is -2.55. The number of benzene rings is 11. The van der Waals surface area contributed by atoms with Gasteiger partial charge in [0.1, 0.15) is 39.2 Å². The molecule has 3 nitrogen and oxygen atoms in total. The average Bonchev–Trinajstić information content (AvgIpc) is 4.00. The van der Waals surface area contributed by atoms with Gasteiger partial charge in [0.2, 0.25) is 0 Å². The number of anilines is 9. The first kappa shape index (κ1) is 45.7. The van der Waals surface area contributed by atoms with Gasteiger partial charge in [-0.15, -0.1) is 39.1 Å². The number of fused-ring (bicyclic) bond motifs is 7. The smallest absolute Gasteiger partial charge is 0.113 e. The third-order valence-electron chi connectivity index (χ3n) is 14.1. The predicted octanol–water partition coefficient (Wildman–Crippen LogP) is 13.6. The number of hydrogen-bond donors (Lipinski definition) is 0. The Morgan fingerprint density at radius 2 is 0.541 bits per heavy atom. The highest BCUT2D eigenvalue weighted by Gasteiger charge is 2.21. The van der Waals surface area contributed by atoms with Crippen LogP contribution in [0.2, 0.25) is 0 Å². The van der Waals surface area contributed by atoms with E-state index in [9.17, 15) is 0 Å². The molecule has 0 atom stereocenters. The fourth-order valence-electron chi connectivity index (χ4n) is 10.4. The van der Waals surface area contributed by atoms with E-state index in [2.05, 4.69) is 233 Å². The standard InChI is InChI=1S/C64H38B5N3S2/c65-60-59(61(66)63(68)64(69)62(60)67)40-21-23-45(24-22-40)72(49-28-32-57-53(37-49)51-35-47(26-30-55(51)73-57)70(42-14-4-1-5-15-42)43-16-6-2-7-17-43)50-29-33-58-54(38-50)52-36-48(27-31-56(52)74-58)71(44-18-8-3-9-19-44)46-25-20-39-12-10-11-13-41(39)34-46/h1-38H. The maximum absolute atomic E-state index is 6.60.